The molecular weight excluding hydrogens is 436 g/mol. The Kier molecular flexibility index (Phi) is 6.90. The van der Waals surface area contributed by atoms with E-state index in [1.807, 2.05) is 20.8 Å². The minimum absolute atomic E-state index is 0.0527. The average Bonchev–Trinajstić information content (AvgIpc) is 3.56. The molecule has 4 amide bonds. The number of hydrogen-bond acceptors (Lipinski definition) is 5. The van der Waals surface area contributed by atoms with Gasteiger partial charge < -0.3 is 21.3 Å². The topological polar surface area (TPSA) is 139 Å². The molecular formula is C25H40N4O5. The van der Waals surface area contributed by atoms with E-state index in [9.17, 15) is 24.0 Å². The third kappa shape index (κ3) is 5.13. The van der Waals surface area contributed by atoms with Gasteiger partial charge in [0.15, 0.2) is 0 Å². The fourth-order valence-electron chi connectivity index (χ4n) is 5.28. The van der Waals surface area contributed by atoms with Gasteiger partial charge in [0.25, 0.3) is 5.91 Å². The second kappa shape index (κ2) is 8.96. The standard InChI is InChI=1S/C25H40N4O5/c1-12(2)21(32)28-19(24(3,4)5)23(34)29-11-14-16(25(14,6)7)17(29)22(33)27-15(10-13-8-9-13)18(30)20(26)31/h12-17,19H,8-11H2,1-7H3,(H2,26,31)(H,27,33)(H,28,32)/t14-,15?,16-,17-,19?/m0/s1. The summed E-state index contributed by atoms with van der Waals surface area (Å²) >= 11 is 0. The van der Waals surface area contributed by atoms with Crippen LogP contribution in [0.5, 0.6) is 0 Å². The molecule has 190 valence electrons. The number of nitrogens with one attached hydrogen (secondary N) is 2. The lowest BCUT2D eigenvalue weighted by Gasteiger charge is -2.38. The maximum Gasteiger partial charge on any atom is 0.287 e. The lowest BCUT2D eigenvalue weighted by molar-refractivity contribution is -0.146. The zero-order chi connectivity index (χ0) is 25.7. The highest BCUT2D eigenvalue weighted by atomic mass is 16.2. The van der Waals surface area contributed by atoms with E-state index in [4.69, 9.17) is 5.73 Å². The number of carbonyl (C=O) groups excluding carboxylic acids is 5. The maximum absolute atomic E-state index is 13.7. The molecule has 1 heterocycles. The largest absolute Gasteiger partial charge is 0.363 e. The van der Waals surface area contributed by atoms with E-state index in [2.05, 4.69) is 24.5 Å². The van der Waals surface area contributed by atoms with Crippen molar-refractivity contribution in [3.05, 3.63) is 0 Å². The molecule has 2 unspecified atom stereocenters. The molecule has 0 aromatic heterocycles. The molecule has 9 heteroatoms. The van der Waals surface area contributed by atoms with Gasteiger partial charge in [-0.2, -0.15) is 0 Å². The SMILES string of the molecule is CC(C)C(=O)NC(C(=O)N1C[C@H]2[C@@H]([C@H]1C(=O)NC(CC1CC1)C(=O)C(N)=O)C2(C)C)C(C)(C)C. The third-order valence-electron chi connectivity index (χ3n) is 7.83. The second-order valence-corrected chi connectivity index (χ2v) is 12.3. The number of piperidine rings is 1. The van der Waals surface area contributed by atoms with Crippen molar-refractivity contribution in [1.82, 2.24) is 15.5 Å². The van der Waals surface area contributed by atoms with Crippen LogP contribution in [-0.2, 0) is 24.0 Å². The molecule has 0 radical (unpaired) electrons. The van der Waals surface area contributed by atoms with E-state index >= 15 is 0 Å². The molecule has 0 bridgehead atoms. The zero-order valence-electron chi connectivity index (χ0n) is 21.4. The fourth-order valence-corrected chi connectivity index (χ4v) is 5.28. The Bertz CT molecular complexity index is 886. The summed E-state index contributed by atoms with van der Waals surface area (Å²) < 4.78 is 0. The summed E-state index contributed by atoms with van der Waals surface area (Å²) in [6.07, 6.45) is 2.28. The van der Waals surface area contributed by atoms with Gasteiger partial charge in [0.2, 0.25) is 23.5 Å². The predicted molar refractivity (Wildman–Crippen MR) is 126 cm³/mol. The Morgan fingerprint density at radius 1 is 1.06 bits per heavy atom. The van der Waals surface area contributed by atoms with Crippen LogP contribution >= 0.6 is 0 Å². The van der Waals surface area contributed by atoms with Crippen LogP contribution in [0.1, 0.15) is 67.7 Å². The molecule has 3 fully saturated rings. The Hall–Kier alpha value is -2.45. The quantitative estimate of drug-likeness (QED) is 0.426. The van der Waals surface area contributed by atoms with E-state index in [-0.39, 0.29) is 40.9 Å². The van der Waals surface area contributed by atoms with Crippen molar-refractivity contribution in [3.8, 4) is 0 Å². The number of likely N-dealkylation sites (tertiary alicyclic amines) is 1. The molecule has 4 N–H and O–H groups in total. The minimum Gasteiger partial charge on any atom is -0.363 e. The number of primary amides is 1. The van der Waals surface area contributed by atoms with Crippen LogP contribution in [-0.4, -0.2) is 59.0 Å². The van der Waals surface area contributed by atoms with Crippen molar-refractivity contribution < 1.29 is 24.0 Å². The number of ketones is 1. The van der Waals surface area contributed by atoms with Crippen LogP contribution < -0.4 is 16.4 Å². The summed E-state index contributed by atoms with van der Waals surface area (Å²) in [5.41, 5.74) is 4.55. The van der Waals surface area contributed by atoms with E-state index < -0.39 is 41.1 Å². The van der Waals surface area contributed by atoms with Crippen molar-refractivity contribution in [1.29, 1.82) is 0 Å². The van der Waals surface area contributed by atoms with E-state index in [1.54, 1.807) is 18.7 Å². The normalized spacial score (nSPS) is 26.9. The van der Waals surface area contributed by atoms with Gasteiger partial charge in [-0.3, -0.25) is 24.0 Å². The van der Waals surface area contributed by atoms with E-state index in [1.165, 1.54) is 0 Å². The first-order chi connectivity index (χ1) is 15.6. The lowest BCUT2D eigenvalue weighted by Crippen LogP contribution is -2.60. The summed E-state index contributed by atoms with van der Waals surface area (Å²) in [7, 11) is 0. The van der Waals surface area contributed by atoms with Crippen molar-refractivity contribution in [2.75, 3.05) is 6.54 Å². The molecule has 3 rings (SSSR count). The van der Waals surface area contributed by atoms with Gasteiger partial charge in [0.1, 0.15) is 12.1 Å². The molecule has 34 heavy (non-hydrogen) atoms. The number of nitrogens with two attached hydrogens (primary N) is 1. The highest BCUT2D eigenvalue weighted by molar-refractivity contribution is 6.37. The van der Waals surface area contributed by atoms with Crippen molar-refractivity contribution in [3.63, 3.8) is 0 Å². The molecule has 1 saturated heterocycles. The lowest BCUT2D eigenvalue weighted by atomic mass is 9.84. The highest BCUT2D eigenvalue weighted by Crippen LogP contribution is 2.65. The van der Waals surface area contributed by atoms with Crippen molar-refractivity contribution in [2.45, 2.75) is 85.9 Å². The number of fused-ring (bicyclic) bond motifs is 1. The van der Waals surface area contributed by atoms with Crippen LogP contribution in [0.3, 0.4) is 0 Å². The van der Waals surface area contributed by atoms with E-state index in [0.717, 1.165) is 12.8 Å². The smallest absolute Gasteiger partial charge is 0.287 e. The van der Waals surface area contributed by atoms with Crippen LogP contribution in [0.2, 0.25) is 0 Å². The first kappa shape index (κ1) is 26.2. The molecule has 0 aromatic rings. The maximum atomic E-state index is 13.7. The number of rotatable bonds is 9. The second-order valence-electron chi connectivity index (χ2n) is 12.3. The average molecular weight is 477 g/mol. The molecule has 3 aliphatic rings. The zero-order valence-corrected chi connectivity index (χ0v) is 21.4. The summed E-state index contributed by atoms with van der Waals surface area (Å²) in [5, 5.41) is 5.63. The minimum atomic E-state index is -1.07. The monoisotopic (exact) mass is 476 g/mol. The van der Waals surface area contributed by atoms with E-state index in [0.29, 0.717) is 13.0 Å². The number of amides is 4. The van der Waals surface area contributed by atoms with Gasteiger partial charge in [-0.1, -0.05) is 61.3 Å². The summed E-state index contributed by atoms with van der Waals surface area (Å²) in [4.78, 5) is 65.3. The fraction of sp³-hybridized carbons (Fsp3) is 0.800. The van der Waals surface area contributed by atoms with Crippen molar-refractivity contribution >= 4 is 29.4 Å². The third-order valence-corrected chi connectivity index (χ3v) is 7.83. The Labute approximate surface area is 201 Å². The molecule has 1 aliphatic heterocycles. The summed E-state index contributed by atoms with van der Waals surface area (Å²) in [6, 6.07) is -2.54. The van der Waals surface area contributed by atoms with Crippen LogP contribution in [0.15, 0.2) is 0 Å². The van der Waals surface area contributed by atoms with Crippen LogP contribution in [0.25, 0.3) is 0 Å². The van der Waals surface area contributed by atoms with Gasteiger partial charge in [0, 0.05) is 12.5 Å². The van der Waals surface area contributed by atoms with Crippen LogP contribution in [0.4, 0.5) is 0 Å². The van der Waals surface area contributed by atoms with Crippen molar-refractivity contribution in [2.24, 2.45) is 40.2 Å². The molecule has 2 aliphatic carbocycles. The van der Waals surface area contributed by atoms with Crippen LogP contribution in [0, 0.1) is 34.5 Å². The number of nitrogens with zero attached hydrogens (tertiary/aromatic N) is 1. The Morgan fingerprint density at radius 3 is 2.12 bits per heavy atom. The summed E-state index contributed by atoms with van der Waals surface area (Å²) in [5.74, 6) is -2.74. The molecule has 0 spiro atoms. The van der Waals surface area contributed by atoms with Gasteiger partial charge in [0.05, 0.1) is 6.04 Å². The first-order valence-electron chi connectivity index (χ1n) is 12.3. The number of Topliss-reactive ketones (excluding diaryl/α,β-unsaturated/α-hetero) is 1. The number of carbonyl (C=O) groups is 5. The van der Waals surface area contributed by atoms with Gasteiger partial charge in [-0.25, -0.2) is 0 Å². The molecule has 5 atom stereocenters. The predicted octanol–water partition coefficient (Wildman–Crippen LogP) is 0.996. The molecule has 2 saturated carbocycles. The molecule has 0 aromatic carbocycles. The molecule has 9 nitrogen and oxygen atoms in total. The van der Waals surface area contributed by atoms with Gasteiger partial charge in [-0.15, -0.1) is 0 Å². The van der Waals surface area contributed by atoms with Gasteiger partial charge in [-0.05, 0) is 35.0 Å². The Morgan fingerprint density at radius 2 is 1.65 bits per heavy atom. The number of hydrogen-bond donors (Lipinski definition) is 3. The summed E-state index contributed by atoms with van der Waals surface area (Å²) in [6.45, 7) is 13.7. The Balaban J connectivity index is 1.85. The first-order valence-corrected chi connectivity index (χ1v) is 12.3. The van der Waals surface area contributed by atoms with Gasteiger partial charge >= 0.3 is 0 Å². The highest BCUT2D eigenvalue weighted by Gasteiger charge is 2.69.